The van der Waals surface area contributed by atoms with Crippen molar-refractivity contribution in [2.45, 2.75) is 19.4 Å². The number of carbonyl (C=O) groups excluding carboxylic acids is 1. The Balaban J connectivity index is 1.79. The quantitative estimate of drug-likeness (QED) is 0.729. The number of fused-ring (bicyclic) bond motifs is 1. The summed E-state index contributed by atoms with van der Waals surface area (Å²) in [5.41, 5.74) is -0.139. The van der Waals surface area contributed by atoms with E-state index in [1.54, 1.807) is 6.92 Å². The number of nitriles is 1. The number of hydrogen-bond donors (Lipinski definition) is 2. The lowest BCUT2D eigenvalue weighted by molar-refractivity contribution is -0.121. The molecule has 9 heteroatoms. The smallest absolute Gasteiger partial charge is 0.252 e. The first-order valence-corrected chi connectivity index (χ1v) is 7.90. The minimum Gasteiger partial charge on any atom is -0.346 e. The zero-order chi connectivity index (χ0) is 19.6. The molecule has 0 saturated carbocycles. The van der Waals surface area contributed by atoms with Crippen molar-refractivity contribution in [1.29, 1.82) is 5.26 Å². The zero-order valence-corrected chi connectivity index (χ0v) is 14.1. The van der Waals surface area contributed by atoms with E-state index in [1.807, 2.05) is 6.07 Å². The van der Waals surface area contributed by atoms with Gasteiger partial charge in [0.05, 0.1) is 23.5 Å². The number of hydrogen-bond acceptors (Lipinski definition) is 5. The molecule has 1 amide bonds. The maximum absolute atomic E-state index is 13.9. The number of rotatable bonds is 4. The number of H-pyrrole nitrogens is 1. The van der Waals surface area contributed by atoms with Crippen molar-refractivity contribution in [2.24, 2.45) is 0 Å². The molecule has 2 aromatic heterocycles. The lowest BCUT2D eigenvalue weighted by Gasteiger charge is -2.12. The summed E-state index contributed by atoms with van der Waals surface area (Å²) >= 11 is 0. The Morgan fingerprint density at radius 2 is 2.04 bits per heavy atom. The molecule has 0 aliphatic heterocycles. The molecule has 27 heavy (non-hydrogen) atoms. The first kappa shape index (κ1) is 18.1. The molecule has 0 unspecified atom stereocenters. The van der Waals surface area contributed by atoms with Gasteiger partial charge in [-0.15, -0.1) is 0 Å². The predicted octanol–water partition coefficient (Wildman–Crippen LogP) is 1.89. The second-order valence-corrected chi connectivity index (χ2v) is 5.85. The Kier molecular flexibility index (Phi) is 4.90. The van der Waals surface area contributed by atoms with Crippen LogP contribution in [0.5, 0.6) is 0 Å². The molecule has 1 aromatic carbocycles. The maximum atomic E-state index is 13.9. The Labute approximate surface area is 151 Å². The average molecular weight is 369 g/mol. The number of aromatic amines is 1. The molecular weight excluding hydrogens is 356 g/mol. The largest absolute Gasteiger partial charge is 0.346 e. The summed E-state index contributed by atoms with van der Waals surface area (Å²) in [6.45, 7) is 1.64. The lowest BCUT2D eigenvalue weighted by Crippen LogP contribution is -2.31. The molecular formula is C18H13F2N5O2. The van der Waals surface area contributed by atoms with Crippen molar-refractivity contribution in [2.75, 3.05) is 0 Å². The summed E-state index contributed by atoms with van der Waals surface area (Å²) in [5, 5.41) is 11.2. The second-order valence-electron chi connectivity index (χ2n) is 5.85. The number of pyridine rings is 1. The highest BCUT2D eigenvalue weighted by Gasteiger charge is 2.16. The molecule has 7 nitrogen and oxygen atoms in total. The highest BCUT2D eigenvalue weighted by molar-refractivity contribution is 5.83. The maximum Gasteiger partial charge on any atom is 0.252 e. The Bertz CT molecular complexity index is 1120. The summed E-state index contributed by atoms with van der Waals surface area (Å²) in [6, 6.07) is 4.65. The number of aromatic nitrogens is 3. The van der Waals surface area contributed by atoms with Crippen LogP contribution in [0.25, 0.3) is 10.9 Å². The molecule has 136 valence electrons. The fraction of sp³-hybridized carbons (Fsp3) is 0.167. The highest BCUT2D eigenvalue weighted by Crippen LogP contribution is 2.18. The minimum absolute atomic E-state index is 0.00236. The number of halogens is 2. The molecule has 0 aliphatic carbocycles. The molecule has 1 atom stereocenters. The monoisotopic (exact) mass is 369 g/mol. The van der Waals surface area contributed by atoms with Gasteiger partial charge >= 0.3 is 0 Å². The van der Waals surface area contributed by atoms with Crippen LogP contribution in [0.4, 0.5) is 8.78 Å². The third kappa shape index (κ3) is 3.79. The van der Waals surface area contributed by atoms with Crippen molar-refractivity contribution in [3.63, 3.8) is 0 Å². The summed E-state index contributed by atoms with van der Waals surface area (Å²) in [7, 11) is 0. The summed E-state index contributed by atoms with van der Waals surface area (Å²) in [4.78, 5) is 34.7. The number of benzene rings is 1. The first-order valence-electron chi connectivity index (χ1n) is 7.90. The van der Waals surface area contributed by atoms with Gasteiger partial charge in [0.15, 0.2) is 11.6 Å². The molecule has 0 radical (unpaired) electrons. The number of nitrogens with one attached hydrogen (secondary N) is 2. The van der Waals surface area contributed by atoms with E-state index in [-0.39, 0.29) is 28.5 Å². The van der Waals surface area contributed by atoms with Gasteiger partial charge in [-0.3, -0.25) is 9.59 Å². The number of amides is 1. The Morgan fingerprint density at radius 1 is 1.33 bits per heavy atom. The third-order valence-corrected chi connectivity index (χ3v) is 3.91. The van der Waals surface area contributed by atoms with Gasteiger partial charge in [0.2, 0.25) is 5.91 Å². The van der Waals surface area contributed by atoms with Gasteiger partial charge in [-0.2, -0.15) is 5.26 Å². The van der Waals surface area contributed by atoms with Gasteiger partial charge in [-0.25, -0.2) is 18.7 Å². The van der Waals surface area contributed by atoms with E-state index in [0.717, 1.165) is 12.1 Å². The number of carbonyl (C=O) groups is 1. The third-order valence-electron chi connectivity index (χ3n) is 3.91. The minimum atomic E-state index is -1.09. The van der Waals surface area contributed by atoms with E-state index < -0.39 is 29.1 Å². The van der Waals surface area contributed by atoms with Crippen molar-refractivity contribution in [3.8, 4) is 6.07 Å². The zero-order valence-electron chi connectivity index (χ0n) is 14.1. The van der Waals surface area contributed by atoms with E-state index in [0.29, 0.717) is 5.82 Å². The SMILES string of the molecule is C[C@H](NC(=O)Cc1cc2c(F)c(F)ccc2[nH]c1=O)c1ncc(C#N)cn1. The topological polar surface area (TPSA) is 112 Å². The van der Waals surface area contributed by atoms with Gasteiger partial charge in [0.25, 0.3) is 5.56 Å². The second kappa shape index (κ2) is 7.29. The van der Waals surface area contributed by atoms with E-state index in [9.17, 15) is 18.4 Å². The van der Waals surface area contributed by atoms with Crippen LogP contribution in [0.3, 0.4) is 0 Å². The van der Waals surface area contributed by atoms with Crippen LogP contribution in [-0.4, -0.2) is 20.9 Å². The molecule has 0 bridgehead atoms. The molecule has 0 saturated heterocycles. The van der Waals surface area contributed by atoms with Crippen LogP contribution in [0.2, 0.25) is 0 Å². The molecule has 3 aromatic rings. The molecule has 3 rings (SSSR count). The van der Waals surface area contributed by atoms with Crippen molar-refractivity contribution >= 4 is 16.8 Å². The molecule has 0 fully saturated rings. The van der Waals surface area contributed by atoms with Crippen molar-refractivity contribution in [3.05, 3.63) is 69.5 Å². The summed E-state index contributed by atoms with van der Waals surface area (Å²) in [6.07, 6.45) is 2.33. The van der Waals surface area contributed by atoms with Crippen LogP contribution in [0.15, 0.2) is 35.4 Å². The van der Waals surface area contributed by atoms with Crippen molar-refractivity contribution in [1.82, 2.24) is 20.3 Å². The standard InChI is InChI=1S/C18H13F2N5O2/c1-9(17-22-7-10(6-21)8-23-17)24-15(26)5-11-4-12-14(25-18(11)27)3-2-13(19)16(12)20/h2-4,7-9H,5H2,1H3,(H,24,26)(H,25,27)/t9-/m0/s1. The van der Waals surface area contributed by atoms with Gasteiger partial charge in [-0.1, -0.05) is 0 Å². The average Bonchev–Trinajstić information content (AvgIpc) is 2.66. The van der Waals surface area contributed by atoms with Gasteiger partial charge in [0.1, 0.15) is 11.9 Å². The highest BCUT2D eigenvalue weighted by atomic mass is 19.2. The Morgan fingerprint density at radius 3 is 2.70 bits per heavy atom. The van der Waals surface area contributed by atoms with E-state index in [2.05, 4.69) is 20.3 Å². The van der Waals surface area contributed by atoms with Crippen LogP contribution >= 0.6 is 0 Å². The van der Waals surface area contributed by atoms with E-state index >= 15 is 0 Å². The van der Waals surface area contributed by atoms with Crippen LogP contribution in [0, 0.1) is 23.0 Å². The molecule has 0 spiro atoms. The fourth-order valence-electron chi connectivity index (χ4n) is 2.54. The summed E-state index contributed by atoms with van der Waals surface area (Å²) in [5.74, 6) is -2.36. The van der Waals surface area contributed by atoms with Crippen LogP contribution in [0.1, 0.15) is 29.9 Å². The van der Waals surface area contributed by atoms with E-state index in [4.69, 9.17) is 5.26 Å². The van der Waals surface area contributed by atoms with E-state index in [1.165, 1.54) is 18.5 Å². The molecule has 2 heterocycles. The lowest BCUT2D eigenvalue weighted by atomic mass is 10.1. The van der Waals surface area contributed by atoms with Gasteiger partial charge < -0.3 is 10.3 Å². The van der Waals surface area contributed by atoms with Crippen molar-refractivity contribution < 1.29 is 13.6 Å². The first-order chi connectivity index (χ1) is 12.9. The van der Waals surface area contributed by atoms with Gasteiger partial charge in [0, 0.05) is 23.3 Å². The predicted molar refractivity (Wildman–Crippen MR) is 91.5 cm³/mol. The fourth-order valence-corrected chi connectivity index (χ4v) is 2.54. The van der Waals surface area contributed by atoms with Crippen LogP contribution < -0.4 is 10.9 Å². The summed E-state index contributed by atoms with van der Waals surface area (Å²) < 4.78 is 27.3. The Hall–Kier alpha value is -3.67. The van der Waals surface area contributed by atoms with Crippen LogP contribution in [-0.2, 0) is 11.2 Å². The molecule has 2 N–H and O–H groups in total. The molecule has 0 aliphatic rings. The van der Waals surface area contributed by atoms with Gasteiger partial charge in [-0.05, 0) is 25.1 Å². The normalized spacial score (nSPS) is 11.8. The number of nitrogens with zero attached hydrogens (tertiary/aromatic N) is 3.